The fourth-order valence-electron chi connectivity index (χ4n) is 2.97. The summed E-state index contributed by atoms with van der Waals surface area (Å²) in [6.45, 7) is 0.840. The maximum absolute atomic E-state index is 12.5. The summed E-state index contributed by atoms with van der Waals surface area (Å²) >= 11 is 3.36. The highest BCUT2D eigenvalue weighted by Crippen LogP contribution is 2.23. The molecule has 1 fully saturated rings. The van der Waals surface area contributed by atoms with Crippen LogP contribution >= 0.6 is 15.9 Å². The van der Waals surface area contributed by atoms with E-state index in [1.165, 1.54) is 10.5 Å². The smallest absolute Gasteiger partial charge is 0.292 e. The summed E-state index contributed by atoms with van der Waals surface area (Å²) in [5.41, 5.74) is 1.95. The number of nitrogens with zero attached hydrogens (tertiary/aromatic N) is 1. The molecular formula is C19H20BrN2O2+. The van der Waals surface area contributed by atoms with Gasteiger partial charge in [-0.2, -0.15) is 0 Å². The van der Waals surface area contributed by atoms with Crippen molar-refractivity contribution < 1.29 is 14.9 Å². The molecule has 3 rings (SSSR count). The maximum atomic E-state index is 12.5. The van der Waals surface area contributed by atoms with Gasteiger partial charge in [0.1, 0.15) is 0 Å². The molecule has 1 aliphatic heterocycles. The molecule has 2 amide bonds. The summed E-state index contributed by atoms with van der Waals surface area (Å²) in [7, 11) is 0. The predicted molar refractivity (Wildman–Crippen MR) is 96.6 cm³/mol. The standard InChI is InChI=1S/C19H19BrN2O2/c20-15-8-10-16(11-9-15)22-18(23)13-17(19(22)24)21-12-4-7-14-5-2-1-3-6-14/h1-3,5-6,8-11,17,21H,4,7,12-13H2/p+1/t17-/m1/s1. The van der Waals surface area contributed by atoms with Crippen LogP contribution in [-0.4, -0.2) is 24.4 Å². The van der Waals surface area contributed by atoms with Crippen LogP contribution in [0.3, 0.4) is 0 Å². The first kappa shape index (κ1) is 16.9. The number of carbonyl (C=O) groups excluding carboxylic acids is 2. The molecular weight excluding hydrogens is 368 g/mol. The second-order valence-corrected chi connectivity index (χ2v) is 6.88. The van der Waals surface area contributed by atoms with E-state index in [-0.39, 0.29) is 24.3 Å². The van der Waals surface area contributed by atoms with E-state index >= 15 is 0 Å². The van der Waals surface area contributed by atoms with Gasteiger partial charge in [0, 0.05) is 10.9 Å². The summed E-state index contributed by atoms with van der Waals surface area (Å²) in [5.74, 6) is -0.228. The SMILES string of the molecule is O=C1C[C@@H]([NH2+]CCCc2ccccc2)C(=O)N1c1ccc(Br)cc1. The number of hydrogen-bond donors (Lipinski definition) is 1. The third-order valence-corrected chi connectivity index (χ3v) is 4.76. The Morgan fingerprint density at radius 3 is 2.46 bits per heavy atom. The third kappa shape index (κ3) is 3.91. The van der Waals surface area contributed by atoms with E-state index < -0.39 is 0 Å². The van der Waals surface area contributed by atoms with Gasteiger partial charge in [-0.1, -0.05) is 46.3 Å². The van der Waals surface area contributed by atoms with Crippen molar-refractivity contribution in [1.29, 1.82) is 0 Å². The molecule has 0 radical (unpaired) electrons. The van der Waals surface area contributed by atoms with E-state index in [1.807, 2.05) is 35.6 Å². The maximum Gasteiger partial charge on any atom is 0.292 e. The van der Waals surface area contributed by atoms with Crippen molar-refractivity contribution in [3.05, 3.63) is 64.6 Å². The zero-order chi connectivity index (χ0) is 16.9. The largest absolute Gasteiger partial charge is 0.336 e. The van der Waals surface area contributed by atoms with Crippen LogP contribution in [0.25, 0.3) is 0 Å². The number of anilines is 1. The predicted octanol–water partition coefficient (Wildman–Crippen LogP) is 2.28. The Labute approximate surface area is 150 Å². The van der Waals surface area contributed by atoms with Gasteiger partial charge in [-0.15, -0.1) is 0 Å². The Morgan fingerprint density at radius 1 is 1.04 bits per heavy atom. The number of rotatable bonds is 6. The molecule has 0 spiro atoms. The quantitative estimate of drug-likeness (QED) is 0.610. The third-order valence-electron chi connectivity index (χ3n) is 4.23. The highest BCUT2D eigenvalue weighted by atomic mass is 79.9. The lowest BCUT2D eigenvalue weighted by Crippen LogP contribution is -2.91. The van der Waals surface area contributed by atoms with Gasteiger partial charge in [-0.25, -0.2) is 4.90 Å². The van der Waals surface area contributed by atoms with Gasteiger partial charge in [0.15, 0.2) is 6.04 Å². The lowest BCUT2D eigenvalue weighted by Gasteiger charge is -2.14. The molecule has 1 atom stereocenters. The molecule has 0 aromatic heterocycles. The molecule has 2 aromatic carbocycles. The van der Waals surface area contributed by atoms with Gasteiger partial charge >= 0.3 is 0 Å². The van der Waals surface area contributed by atoms with Crippen LogP contribution in [0.4, 0.5) is 5.69 Å². The van der Waals surface area contributed by atoms with Crippen LogP contribution in [0.5, 0.6) is 0 Å². The number of hydrogen-bond acceptors (Lipinski definition) is 2. The minimum absolute atomic E-state index is 0.109. The van der Waals surface area contributed by atoms with Crippen molar-refractivity contribution in [1.82, 2.24) is 0 Å². The summed E-state index contributed by atoms with van der Waals surface area (Å²) in [6.07, 6.45) is 2.25. The molecule has 4 nitrogen and oxygen atoms in total. The Balaban J connectivity index is 1.53. The molecule has 2 aromatic rings. The van der Waals surface area contributed by atoms with Crippen molar-refractivity contribution in [2.75, 3.05) is 11.4 Å². The number of amides is 2. The molecule has 1 saturated heterocycles. The van der Waals surface area contributed by atoms with Crippen LogP contribution in [0.2, 0.25) is 0 Å². The number of imide groups is 1. The van der Waals surface area contributed by atoms with E-state index in [0.717, 1.165) is 23.9 Å². The van der Waals surface area contributed by atoms with E-state index in [2.05, 4.69) is 28.1 Å². The minimum Gasteiger partial charge on any atom is -0.336 e. The zero-order valence-corrected chi connectivity index (χ0v) is 14.9. The average Bonchev–Trinajstić information content (AvgIpc) is 2.88. The van der Waals surface area contributed by atoms with Crippen LogP contribution in [0.15, 0.2) is 59.1 Å². The van der Waals surface area contributed by atoms with Crippen LogP contribution in [0.1, 0.15) is 18.4 Å². The fourth-order valence-corrected chi connectivity index (χ4v) is 3.24. The Bertz CT molecular complexity index is 716. The highest BCUT2D eigenvalue weighted by Gasteiger charge is 2.41. The lowest BCUT2D eigenvalue weighted by atomic mass is 10.1. The molecule has 0 bridgehead atoms. The Hall–Kier alpha value is -1.98. The fraction of sp³-hybridized carbons (Fsp3) is 0.263. The number of benzene rings is 2. The van der Waals surface area contributed by atoms with Crippen molar-refractivity contribution in [3.8, 4) is 0 Å². The van der Waals surface area contributed by atoms with Crippen molar-refractivity contribution in [3.63, 3.8) is 0 Å². The van der Waals surface area contributed by atoms with E-state index in [4.69, 9.17) is 0 Å². The topological polar surface area (TPSA) is 54.0 Å². The number of halogens is 1. The van der Waals surface area contributed by atoms with E-state index in [1.54, 1.807) is 12.1 Å². The lowest BCUT2D eigenvalue weighted by molar-refractivity contribution is -0.674. The van der Waals surface area contributed by atoms with Gasteiger partial charge in [0.05, 0.1) is 18.7 Å². The molecule has 1 aliphatic rings. The second kappa shape index (κ2) is 7.73. The molecule has 1 heterocycles. The molecule has 0 aliphatic carbocycles. The van der Waals surface area contributed by atoms with Gasteiger partial charge < -0.3 is 5.32 Å². The molecule has 5 heteroatoms. The number of nitrogens with two attached hydrogens (primary N) is 1. The molecule has 124 valence electrons. The van der Waals surface area contributed by atoms with Crippen molar-refractivity contribution >= 4 is 33.4 Å². The highest BCUT2D eigenvalue weighted by molar-refractivity contribution is 9.10. The molecule has 2 N–H and O–H groups in total. The first-order valence-corrected chi connectivity index (χ1v) is 8.94. The first-order valence-electron chi connectivity index (χ1n) is 8.15. The monoisotopic (exact) mass is 387 g/mol. The Kier molecular flexibility index (Phi) is 5.43. The summed E-state index contributed by atoms with van der Waals surface area (Å²) in [5, 5.41) is 2.00. The van der Waals surface area contributed by atoms with E-state index in [0.29, 0.717) is 5.69 Å². The number of quaternary nitrogens is 1. The van der Waals surface area contributed by atoms with E-state index in [9.17, 15) is 9.59 Å². The van der Waals surface area contributed by atoms with Crippen LogP contribution in [-0.2, 0) is 16.0 Å². The van der Waals surface area contributed by atoms with Crippen molar-refractivity contribution in [2.24, 2.45) is 0 Å². The molecule has 24 heavy (non-hydrogen) atoms. The first-order chi connectivity index (χ1) is 11.6. The molecule has 0 saturated carbocycles. The molecule has 0 unspecified atom stereocenters. The average molecular weight is 388 g/mol. The number of aryl methyl sites for hydroxylation is 1. The van der Waals surface area contributed by atoms with Crippen LogP contribution < -0.4 is 10.2 Å². The van der Waals surface area contributed by atoms with Gasteiger partial charge in [0.2, 0.25) is 5.91 Å². The van der Waals surface area contributed by atoms with Crippen molar-refractivity contribution in [2.45, 2.75) is 25.3 Å². The zero-order valence-electron chi connectivity index (χ0n) is 13.3. The summed E-state index contributed by atoms with van der Waals surface area (Å²) in [6, 6.07) is 17.3. The normalized spacial score (nSPS) is 17.5. The van der Waals surface area contributed by atoms with Crippen LogP contribution in [0, 0.1) is 0 Å². The number of carbonyl (C=O) groups is 2. The second-order valence-electron chi connectivity index (χ2n) is 5.97. The summed E-state index contributed by atoms with van der Waals surface area (Å²) < 4.78 is 0.925. The minimum atomic E-state index is -0.295. The summed E-state index contributed by atoms with van der Waals surface area (Å²) in [4.78, 5) is 26.0. The Morgan fingerprint density at radius 2 is 1.75 bits per heavy atom. The van der Waals surface area contributed by atoms with Gasteiger partial charge in [-0.3, -0.25) is 9.59 Å². The van der Waals surface area contributed by atoms with Gasteiger partial charge in [-0.05, 0) is 36.2 Å². The van der Waals surface area contributed by atoms with Gasteiger partial charge in [0.25, 0.3) is 5.91 Å².